The summed E-state index contributed by atoms with van der Waals surface area (Å²) in [6.45, 7) is 4.71. The van der Waals surface area contributed by atoms with Crippen molar-refractivity contribution in [1.82, 2.24) is 8.87 Å². The molecule has 0 radical (unpaired) electrons. The van der Waals surface area contributed by atoms with E-state index in [0.717, 1.165) is 16.5 Å². The quantitative estimate of drug-likeness (QED) is 0.260. The van der Waals surface area contributed by atoms with Crippen LogP contribution in [0.25, 0.3) is 22.6 Å². The standard InChI is InChI=1S/C31H30ClN3O5S/c1-2-35-29-12-11-23(41(37,38)34-14-16-39-17-15-34)20-25(29)26(31(35)36)19-22-21-33(28-9-5-3-7-24(22)28)13-18-40-30-10-6-4-8-27(30)32/h3-12,19-21H,2,13-18H2,1H3/b26-19-. The van der Waals surface area contributed by atoms with Gasteiger partial charge in [0.05, 0.1) is 35.4 Å². The van der Waals surface area contributed by atoms with Gasteiger partial charge in [-0.15, -0.1) is 0 Å². The number of aromatic nitrogens is 1. The van der Waals surface area contributed by atoms with Gasteiger partial charge in [-0.2, -0.15) is 4.31 Å². The third kappa shape index (κ3) is 5.15. The third-order valence-corrected chi connectivity index (χ3v) is 9.70. The summed E-state index contributed by atoms with van der Waals surface area (Å²) < 4.78 is 41.6. The molecular formula is C31H30ClN3O5S. The van der Waals surface area contributed by atoms with E-state index >= 15 is 0 Å². The average molecular weight is 592 g/mol. The van der Waals surface area contributed by atoms with Crippen LogP contribution in [0, 0.1) is 0 Å². The summed E-state index contributed by atoms with van der Waals surface area (Å²) in [6.07, 6.45) is 3.87. The van der Waals surface area contributed by atoms with E-state index in [9.17, 15) is 13.2 Å². The van der Waals surface area contributed by atoms with Crippen LogP contribution in [-0.2, 0) is 26.1 Å². The molecule has 0 aliphatic carbocycles. The van der Waals surface area contributed by atoms with Crippen LogP contribution >= 0.6 is 11.6 Å². The van der Waals surface area contributed by atoms with Crippen molar-refractivity contribution in [2.24, 2.45) is 0 Å². The molecule has 6 rings (SSSR count). The predicted octanol–water partition coefficient (Wildman–Crippen LogP) is 5.30. The van der Waals surface area contributed by atoms with Gasteiger partial charge >= 0.3 is 0 Å². The molecule has 0 saturated carbocycles. The van der Waals surface area contributed by atoms with Crippen LogP contribution in [0.5, 0.6) is 5.75 Å². The van der Waals surface area contributed by atoms with Crippen LogP contribution in [0.4, 0.5) is 5.69 Å². The Labute approximate surface area is 244 Å². The van der Waals surface area contributed by atoms with Gasteiger partial charge in [0.15, 0.2) is 0 Å². The van der Waals surface area contributed by atoms with Gasteiger partial charge in [-0.1, -0.05) is 41.9 Å². The number of para-hydroxylation sites is 2. The number of ether oxygens (including phenoxy) is 2. The van der Waals surface area contributed by atoms with Crippen LogP contribution in [0.2, 0.25) is 5.02 Å². The van der Waals surface area contributed by atoms with E-state index in [0.29, 0.717) is 73.6 Å². The van der Waals surface area contributed by atoms with E-state index in [4.69, 9.17) is 21.1 Å². The minimum absolute atomic E-state index is 0.151. The van der Waals surface area contributed by atoms with Crippen molar-refractivity contribution in [3.63, 3.8) is 0 Å². The molecular weight excluding hydrogens is 562 g/mol. The Bertz CT molecular complexity index is 1760. The van der Waals surface area contributed by atoms with E-state index in [-0.39, 0.29) is 10.8 Å². The minimum Gasteiger partial charge on any atom is -0.490 e. The molecule has 4 aromatic rings. The van der Waals surface area contributed by atoms with Crippen molar-refractivity contribution >= 4 is 55.8 Å². The molecule has 1 fully saturated rings. The number of anilines is 1. The maximum absolute atomic E-state index is 13.6. The lowest BCUT2D eigenvalue weighted by atomic mass is 10.0. The summed E-state index contributed by atoms with van der Waals surface area (Å²) in [5, 5.41) is 1.54. The molecule has 10 heteroatoms. The normalized spacial score (nSPS) is 17.0. The molecule has 0 bridgehead atoms. The van der Waals surface area contributed by atoms with E-state index in [1.54, 1.807) is 29.2 Å². The fourth-order valence-corrected chi connectivity index (χ4v) is 7.06. The van der Waals surface area contributed by atoms with Crippen molar-refractivity contribution in [1.29, 1.82) is 0 Å². The number of rotatable bonds is 8. The van der Waals surface area contributed by atoms with Crippen LogP contribution in [-0.4, -0.2) is 62.7 Å². The van der Waals surface area contributed by atoms with Crippen molar-refractivity contribution in [2.45, 2.75) is 18.4 Å². The van der Waals surface area contributed by atoms with Gasteiger partial charge in [-0.25, -0.2) is 8.42 Å². The molecule has 41 heavy (non-hydrogen) atoms. The Morgan fingerprint density at radius 1 is 1.02 bits per heavy atom. The van der Waals surface area contributed by atoms with E-state index in [1.165, 1.54) is 4.31 Å². The van der Waals surface area contributed by atoms with Gasteiger partial charge in [0.2, 0.25) is 10.0 Å². The van der Waals surface area contributed by atoms with Crippen molar-refractivity contribution in [3.8, 4) is 5.75 Å². The lowest BCUT2D eigenvalue weighted by Crippen LogP contribution is -2.40. The SMILES string of the molecule is CCN1C(=O)/C(=C\c2cn(CCOc3ccccc3Cl)c3ccccc23)c2cc(S(=O)(=O)N3CCOCC3)ccc21. The predicted molar refractivity (Wildman–Crippen MR) is 161 cm³/mol. The largest absolute Gasteiger partial charge is 0.490 e. The van der Waals surface area contributed by atoms with Crippen LogP contribution in [0.1, 0.15) is 18.1 Å². The number of hydrogen-bond acceptors (Lipinski definition) is 5. The highest BCUT2D eigenvalue weighted by molar-refractivity contribution is 7.89. The van der Waals surface area contributed by atoms with Gasteiger partial charge in [0.1, 0.15) is 12.4 Å². The van der Waals surface area contributed by atoms with Crippen LogP contribution in [0.3, 0.4) is 0 Å². The molecule has 8 nitrogen and oxygen atoms in total. The summed E-state index contributed by atoms with van der Waals surface area (Å²) >= 11 is 6.24. The summed E-state index contributed by atoms with van der Waals surface area (Å²) in [4.78, 5) is 15.5. The monoisotopic (exact) mass is 591 g/mol. The number of carbonyl (C=O) groups excluding carboxylic acids is 1. The van der Waals surface area contributed by atoms with Gasteiger partial charge in [0, 0.05) is 53.4 Å². The molecule has 212 valence electrons. The van der Waals surface area contributed by atoms with Gasteiger partial charge < -0.3 is 18.9 Å². The molecule has 3 aromatic carbocycles. The zero-order valence-corrected chi connectivity index (χ0v) is 24.2. The molecule has 2 aliphatic rings. The fourth-order valence-electron chi connectivity index (χ4n) is 5.43. The number of fused-ring (bicyclic) bond motifs is 2. The number of likely N-dealkylation sites (N-methyl/N-ethyl adjacent to an activating group) is 1. The summed E-state index contributed by atoms with van der Waals surface area (Å²) in [6, 6.07) is 20.3. The maximum Gasteiger partial charge on any atom is 0.258 e. The second-order valence-corrected chi connectivity index (χ2v) is 12.2. The summed E-state index contributed by atoms with van der Waals surface area (Å²) in [5.74, 6) is 0.478. The van der Waals surface area contributed by atoms with Crippen LogP contribution in [0.15, 0.2) is 77.8 Å². The van der Waals surface area contributed by atoms with Gasteiger partial charge in [-0.3, -0.25) is 4.79 Å². The van der Waals surface area contributed by atoms with Crippen LogP contribution < -0.4 is 9.64 Å². The zero-order valence-electron chi connectivity index (χ0n) is 22.6. The number of hydrogen-bond donors (Lipinski definition) is 0. The Morgan fingerprint density at radius 3 is 2.56 bits per heavy atom. The number of morpholine rings is 1. The topological polar surface area (TPSA) is 81.1 Å². The molecule has 1 saturated heterocycles. The Morgan fingerprint density at radius 2 is 1.78 bits per heavy atom. The number of sulfonamides is 1. The first-order valence-electron chi connectivity index (χ1n) is 13.6. The van der Waals surface area contributed by atoms with Gasteiger partial charge in [0.25, 0.3) is 5.91 Å². The Kier molecular flexibility index (Phi) is 7.61. The molecule has 3 heterocycles. The van der Waals surface area contributed by atoms with E-state index in [2.05, 4.69) is 4.57 Å². The highest BCUT2D eigenvalue weighted by atomic mass is 35.5. The summed E-state index contributed by atoms with van der Waals surface area (Å²) in [7, 11) is -3.72. The van der Waals surface area contributed by atoms with Crippen molar-refractivity contribution in [3.05, 3.63) is 89.1 Å². The first-order chi connectivity index (χ1) is 19.9. The van der Waals surface area contributed by atoms with Gasteiger partial charge in [-0.05, 0) is 49.4 Å². The summed E-state index contributed by atoms with van der Waals surface area (Å²) in [5.41, 5.74) is 3.67. The zero-order chi connectivity index (χ0) is 28.6. The maximum atomic E-state index is 13.6. The number of nitrogens with zero attached hydrogens (tertiary/aromatic N) is 3. The Hall–Kier alpha value is -3.63. The number of benzene rings is 3. The second kappa shape index (κ2) is 11.3. The molecule has 1 aromatic heterocycles. The lowest BCUT2D eigenvalue weighted by Gasteiger charge is -2.26. The molecule has 0 atom stereocenters. The molecule has 0 unspecified atom stereocenters. The number of halogens is 1. The first-order valence-corrected chi connectivity index (χ1v) is 15.4. The van der Waals surface area contributed by atoms with Crippen molar-refractivity contribution < 1.29 is 22.7 Å². The number of amides is 1. The molecule has 0 N–H and O–H groups in total. The highest BCUT2D eigenvalue weighted by Crippen LogP contribution is 2.40. The molecule has 0 spiro atoms. The lowest BCUT2D eigenvalue weighted by molar-refractivity contribution is -0.112. The van der Waals surface area contributed by atoms with E-state index in [1.807, 2.05) is 61.7 Å². The number of carbonyl (C=O) groups is 1. The van der Waals surface area contributed by atoms with E-state index < -0.39 is 10.0 Å². The Balaban J connectivity index is 1.36. The minimum atomic E-state index is -3.72. The molecule has 1 amide bonds. The first kappa shape index (κ1) is 27.5. The highest BCUT2D eigenvalue weighted by Gasteiger charge is 2.34. The molecule has 2 aliphatic heterocycles. The fraction of sp³-hybridized carbons (Fsp3) is 0.258. The third-order valence-electron chi connectivity index (χ3n) is 7.49. The average Bonchev–Trinajstić information content (AvgIpc) is 3.48. The smallest absolute Gasteiger partial charge is 0.258 e. The van der Waals surface area contributed by atoms with Crippen molar-refractivity contribution in [2.75, 3.05) is 44.4 Å². The second-order valence-electron chi connectivity index (χ2n) is 9.88.